The lowest BCUT2D eigenvalue weighted by atomic mass is 10.2. The Kier molecular flexibility index (Phi) is 4.19. The van der Waals surface area contributed by atoms with Gasteiger partial charge in [-0.15, -0.1) is 21.5 Å². The summed E-state index contributed by atoms with van der Waals surface area (Å²) < 4.78 is 1.93. The number of carbonyl (C=O) groups is 1. The van der Waals surface area contributed by atoms with Gasteiger partial charge in [0, 0.05) is 18.0 Å². The van der Waals surface area contributed by atoms with Gasteiger partial charge in [-0.2, -0.15) is 0 Å². The first kappa shape index (κ1) is 14.1. The average Bonchev–Trinajstić information content (AvgIpc) is 3.23. The van der Waals surface area contributed by atoms with Gasteiger partial charge in [0.05, 0.1) is 12.6 Å². The van der Waals surface area contributed by atoms with E-state index in [2.05, 4.69) is 27.0 Å². The Morgan fingerprint density at radius 3 is 3.24 bits per heavy atom. The molecule has 0 radical (unpaired) electrons. The lowest BCUT2D eigenvalue weighted by Gasteiger charge is -2.24. The van der Waals surface area contributed by atoms with Crippen molar-refractivity contribution in [2.75, 3.05) is 6.54 Å². The SMILES string of the molecule is CCn1cnnc1CNC(=O)N1CCCC1c1cccs1. The third-order valence-electron chi connectivity index (χ3n) is 3.82. The van der Waals surface area contributed by atoms with E-state index < -0.39 is 0 Å². The highest BCUT2D eigenvalue weighted by Crippen LogP contribution is 2.34. The van der Waals surface area contributed by atoms with Crippen LogP contribution in [0.15, 0.2) is 23.8 Å². The van der Waals surface area contributed by atoms with Crippen molar-refractivity contribution in [2.45, 2.75) is 38.9 Å². The predicted octanol–water partition coefficient (Wildman–Crippen LogP) is 2.41. The van der Waals surface area contributed by atoms with E-state index >= 15 is 0 Å². The summed E-state index contributed by atoms with van der Waals surface area (Å²) in [5.74, 6) is 0.790. The number of hydrogen-bond acceptors (Lipinski definition) is 4. The molecular weight excluding hydrogens is 286 g/mol. The minimum atomic E-state index is -0.0171. The van der Waals surface area contributed by atoms with Crippen molar-refractivity contribution >= 4 is 17.4 Å². The van der Waals surface area contributed by atoms with E-state index in [1.54, 1.807) is 17.7 Å². The van der Waals surface area contributed by atoms with Crippen LogP contribution in [0.4, 0.5) is 4.79 Å². The fourth-order valence-electron chi connectivity index (χ4n) is 2.72. The van der Waals surface area contributed by atoms with Gasteiger partial charge in [-0.1, -0.05) is 6.07 Å². The molecule has 0 spiro atoms. The van der Waals surface area contributed by atoms with E-state index in [1.165, 1.54) is 4.88 Å². The first-order chi connectivity index (χ1) is 10.3. The topological polar surface area (TPSA) is 63.1 Å². The summed E-state index contributed by atoms with van der Waals surface area (Å²) in [6, 6.07) is 4.35. The molecule has 1 N–H and O–H groups in total. The molecule has 6 nitrogen and oxygen atoms in total. The highest BCUT2D eigenvalue weighted by atomic mass is 32.1. The first-order valence-corrected chi connectivity index (χ1v) is 8.12. The molecule has 3 rings (SSSR count). The van der Waals surface area contributed by atoms with Crippen molar-refractivity contribution in [1.82, 2.24) is 25.0 Å². The van der Waals surface area contributed by atoms with Crippen LogP contribution in [0.25, 0.3) is 0 Å². The van der Waals surface area contributed by atoms with E-state index in [0.717, 1.165) is 31.8 Å². The second-order valence-electron chi connectivity index (χ2n) is 5.06. The Balaban J connectivity index is 1.62. The Morgan fingerprint density at radius 2 is 2.48 bits per heavy atom. The molecule has 3 heterocycles. The van der Waals surface area contributed by atoms with Crippen LogP contribution >= 0.6 is 11.3 Å². The maximum absolute atomic E-state index is 12.4. The highest BCUT2D eigenvalue weighted by molar-refractivity contribution is 7.10. The first-order valence-electron chi connectivity index (χ1n) is 7.24. The van der Waals surface area contributed by atoms with Crippen molar-refractivity contribution in [3.05, 3.63) is 34.5 Å². The van der Waals surface area contributed by atoms with Gasteiger partial charge in [-0.3, -0.25) is 0 Å². The Labute approximate surface area is 127 Å². The monoisotopic (exact) mass is 305 g/mol. The van der Waals surface area contributed by atoms with Gasteiger partial charge in [0.25, 0.3) is 0 Å². The van der Waals surface area contributed by atoms with Gasteiger partial charge in [0.15, 0.2) is 5.82 Å². The van der Waals surface area contributed by atoms with Crippen molar-refractivity contribution in [3.63, 3.8) is 0 Å². The van der Waals surface area contributed by atoms with Gasteiger partial charge < -0.3 is 14.8 Å². The minimum absolute atomic E-state index is 0.0171. The molecule has 2 amide bonds. The minimum Gasteiger partial charge on any atom is -0.331 e. The number of urea groups is 1. The van der Waals surface area contributed by atoms with E-state index in [4.69, 9.17) is 0 Å². The summed E-state index contributed by atoms with van der Waals surface area (Å²) in [5, 5.41) is 12.9. The lowest BCUT2D eigenvalue weighted by Crippen LogP contribution is -2.39. The van der Waals surface area contributed by atoms with Crippen LogP contribution in [-0.4, -0.2) is 32.2 Å². The summed E-state index contributed by atoms with van der Waals surface area (Å²) in [6.07, 6.45) is 3.78. The smallest absolute Gasteiger partial charge is 0.318 e. The van der Waals surface area contributed by atoms with E-state index in [9.17, 15) is 4.79 Å². The Morgan fingerprint density at radius 1 is 1.57 bits per heavy atom. The molecular formula is C14H19N5OS. The number of nitrogens with one attached hydrogen (secondary N) is 1. The van der Waals surface area contributed by atoms with E-state index in [1.807, 2.05) is 22.5 Å². The van der Waals surface area contributed by atoms with Gasteiger partial charge in [-0.05, 0) is 31.2 Å². The van der Waals surface area contributed by atoms with Gasteiger partial charge in [0.2, 0.25) is 0 Å². The van der Waals surface area contributed by atoms with Crippen molar-refractivity contribution in [3.8, 4) is 0 Å². The number of thiophene rings is 1. The Bertz CT molecular complexity index is 594. The number of aryl methyl sites for hydroxylation is 1. The summed E-state index contributed by atoms with van der Waals surface area (Å²) in [4.78, 5) is 15.6. The van der Waals surface area contributed by atoms with Crippen LogP contribution in [0.5, 0.6) is 0 Å². The zero-order chi connectivity index (χ0) is 14.7. The standard InChI is InChI=1S/C14H19N5OS/c1-2-18-10-16-17-13(18)9-15-14(20)19-7-3-5-11(19)12-6-4-8-21-12/h4,6,8,10-11H,2-3,5,7,9H2,1H3,(H,15,20). The van der Waals surface area contributed by atoms with Crippen molar-refractivity contribution in [2.24, 2.45) is 0 Å². The Hall–Kier alpha value is -1.89. The van der Waals surface area contributed by atoms with Gasteiger partial charge >= 0.3 is 6.03 Å². The van der Waals surface area contributed by atoms with Crippen LogP contribution in [0.1, 0.15) is 36.5 Å². The second kappa shape index (κ2) is 6.26. The zero-order valence-electron chi connectivity index (χ0n) is 12.0. The lowest BCUT2D eigenvalue weighted by molar-refractivity contribution is 0.193. The molecule has 1 fully saturated rings. The molecule has 1 unspecified atom stereocenters. The number of nitrogens with zero attached hydrogens (tertiary/aromatic N) is 4. The number of hydrogen-bond donors (Lipinski definition) is 1. The van der Waals surface area contributed by atoms with Crippen molar-refractivity contribution < 1.29 is 4.79 Å². The largest absolute Gasteiger partial charge is 0.331 e. The van der Waals surface area contributed by atoms with E-state index in [-0.39, 0.29) is 12.1 Å². The highest BCUT2D eigenvalue weighted by Gasteiger charge is 2.30. The number of amides is 2. The van der Waals surface area contributed by atoms with Crippen LogP contribution in [-0.2, 0) is 13.1 Å². The molecule has 112 valence electrons. The molecule has 21 heavy (non-hydrogen) atoms. The van der Waals surface area contributed by atoms with E-state index in [0.29, 0.717) is 6.54 Å². The number of rotatable bonds is 4. The molecule has 7 heteroatoms. The summed E-state index contributed by atoms with van der Waals surface area (Å²) in [6.45, 7) is 4.07. The molecule has 1 atom stereocenters. The van der Waals surface area contributed by atoms with Crippen LogP contribution in [0, 0.1) is 0 Å². The third-order valence-corrected chi connectivity index (χ3v) is 4.79. The molecule has 0 aromatic carbocycles. The molecule has 0 aliphatic carbocycles. The van der Waals surface area contributed by atoms with Crippen molar-refractivity contribution in [1.29, 1.82) is 0 Å². The molecule has 1 aliphatic heterocycles. The maximum atomic E-state index is 12.4. The summed E-state index contributed by atoms with van der Waals surface area (Å²) >= 11 is 1.72. The molecule has 1 aliphatic rings. The summed E-state index contributed by atoms with van der Waals surface area (Å²) in [7, 11) is 0. The summed E-state index contributed by atoms with van der Waals surface area (Å²) in [5.41, 5.74) is 0. The molecule has 1 saturated heterocycles. The maximum Gasteiger partial charge on any atom is 0.318 e. The third kappa shape index (κ3) is 2.92. The molecule has 0 saturated carbocycles. The number of likely N-dealkylation sites (tertiary alicyclic amines) is 1. The zero-order valence-corrected chi connectivity index (χ0v) is 12.8. The van der Waals surface area contributed by atoms with Crippen LogP contribution in [0.2, 0.25) is 0 Å². The molecule has 0 bridgehead atoms. The van der Waals surface area contributed by atoms with Crippen LogP contribution in [0.3, 0.4) is 0 Å². The van der Waals surface area contributed by atoms with Gasteiger partial charge in [-0.25, -0.2) is 4.79 Å². The predicted molar refractivity (Wildman–Crippen MR) is 80.9 cm³/mol. The average molecular weight is 305 g/mol. The fourth-order valence-corrected chi connectivity index (χ4v) is 3.60. The number of carbonyl (C=O) groups excluding carboxylic acids is 1. The second-order valence-corrected chi connectivity index (χ2v) is 6.04. The molecule has 2 aromatic rings. The fraction of sp³-hybridized carbons (Fsp3) is 0.500. The quantitative estimate of drug-likeness (QED) is 0.943. The van der Waals surface area contributed by atoms with Gasteiger partial charge in [0.1, 0.15) is 6.33 Å². The molecule has 2 aromatic heterocycles. The van der Waals surface area contributed by atoms with Crippen LogP contribution < -0.4 is 5.32 Å². The number of aromatic nitrogens is 3. The normalized spacial score (nSPS) is 18.1.